The number of nitrogens with one attached hydrogen (secondary N) is 1. The van der Waals surface area contributed by atoms with Gasteiger partial charge in [0.1, 0.15) is 0 Å². The van der Waals surface area contributed by atoms with Gasteiger partial charge in [-0.15, -0.1) is 0 Å². The van der Waals surface area contributed by atoms with Crippen LogP contribution in [0.1, 0.15) is 37.9 Å². The number of methoxy groups -OCH3 is 1. The van der Waals surface area contributed by atoms with Crippen LogP contribution in [0.2, 0.25) is 0 Å². The van der Waals surface area contributed by atoms with Gasteiger partial charge < -0.3 is 19.5 Å². The molecule has 1 aromatic rings. The molecule has 0 saturated carbocycles. The van der Waals surface area contributed by atoms with Crippen LogP contribution in [0.4, 0.5) is 5.95 Å². The number of likely N-dealkylation sites (N-methyl/N-ethyl adjacent to an activating group) is 1. The molecule has 1 saturated heterocycles. The highest BCUT2D eigenvalue weighted by molar-refractivity contribution is 5.29. The summed E-state index contributed by atoms with van der Waals surface area (Å²) < 4.78 is 7.42. The van der Waals surface area contributed by atoms with E-state index in [1.165, 1.54) is 19.4 Å². The van der Waals surface area contributed by atoms with Crippen molar-refractivity contribution in [3.8, 4) is 0 Å². The molecule has 1 unspecified atom stereocenters. The van der Waals surface area contributed by atoms with Crippen LogP contribution in [0, 0.1) is 6.92 Å². The van der Waals surface area contributed by atoms with Crippen LogP contribution in [0.25, 0.3) is 0 Å². The quantitative estimate of drug-likeness (QED) is 0.778. The van der Waals surface area contributed by atoms with Gasteiger partial charge in [0.2, 0.25) is 5.95 Å². The van der Waals surface area contributed by atoms with Crippen molar-refractivity contribution in [3.05, 3.63) is 11.9 Å². The molecule has 0 amide bonds. The van der Waals surface area contributed by atoms with Gasteiger partial charge in [-0.2, -0.15) is 0 Å². The number of ether oxygens (including phenoxy) is 1. The van der Waals surface area contributed by atoms with Gasteiger partial charge in [-0.1, -0.05) is 6.92 Å². The SMILES string of the molecule is CCN1CCCC(n2cc(C)nc2NCCCOC)C1. The van der Waals surface area contributed by atoms with Crippen LogP contribution >= 0.6 is 0 Å². The Hall–Kier alpha value is -1.07. The Balaban J connectivity index is 1.99. The molecule has 1 aromatic heterocycles. The van der Waals surface area contributed by atoms with Crippen molar-refractivity contribution in [2.45, 2.75) is 39.2 Å². The van der Waals surface area contributed by atoms with Gasteiger partial charge in [0, 0.05) is 39.0 Å². The highest BCUT2D eigenvalue weighted by atomic mass is 16.5. The summed E-state index contributed by atoms with van der Waals surface area (Å²) in [5, 5.41) is 3.45. The lowest BCUT2D eigenvalue weighted by atomic mass is 10.1. The van der Waals surface area contributed by atoms with Crippen molar-refractivity contribution in [2.75, 3.05) is 45.2 Å². The van der Waals surface area contributed by atoms with E-state index in [1.807, 2.05) is 0 Å². The zero-order valence-electron chi connectivity index (χ0n) is 13.1. The van der Waals surface area contributed by atoms with E-state index in [-0.39, 0.29) is 0 Å². The molecule has 2 rings (SSSR count). The molecule has 0 spiro atoms. The molecule has 114 valence electrons. The topological polar surface area (TPSA) is 42.3 Å². The molecular formula is C15H28N4O. The van der Waals surface area contributed by atoms with Crippen molar-refractivity contribution < 1.29 is 4.74 Å². The third-order valence-electron chi connectivity index (χ3n) is 3.98. The van der Waals surface area contributed by atoms with Crippen LogP contribution in [-0.4, -0.2) is 54.3 Å². The molecule has 1 aliphatic rings. The molecular weight excluding hydrogens is 252 g/mol. The molecule has 20 heavy (non-hydrogen) atoms. The van der Waals surface area contributed by atoms with Gasteiger partial charge in [0.05, 0.1) is 5.69 Å². The number of hydrogen-bond donors (Lipinski definition) is 1. The predicted molar refractivity (Wildman–Crippen MR) is 82.3 cm³/mol. The summed E-state index contributed by atoms with van der Waals surface area (Å²) in [4.78, 5) is 7.15. The van der Waals surface area contributed by atoms with Crippen LogP contribution in [0.3, 0.4) is 0 Å². The van der Waals surface area contributed by atoms with Crippen molar-refractivity contribution in [1.82, 2.24) is 14.5 Å². The monoisotopic (exact) mass is 280 g/mol. The summed E-state index contributed by atoms with van der Waals surface area (Å²) in [6.07, 6.45) is 5.72. The Morgan fingerprint density at radius 2 is 2.35 bits per heavy atom. The first-order valence-electron chi connectivity index (χ1n) is 7.75. The molecule has 1 aliphatic heterocycles. The first-order valence-corrected chi connectivity index (χ1v) is 7.75. The third kappa shape index (κ3) is 3.96. The number of rotatable bonds is 7. The Morgan fingerprint density at radius 1 is 1.50 bits per heavy atom. The van der Waals surface area contributed by atoms with E-state index in [0.29, 0.717) is 6.04 Å². The Bertz CT molecular complexity index is 405. The van der Waals surface area contributed by atoms with Crippen LogP contribution in [0.15, 0.2) is 6.20 Å². The molecule has 2 heterocycles. The molecule has 0 aliphatic carbocycles. The number of nitrogens with zero attached hydrogens (tertiary/aromatic N) is 3. The number of likely N-dealkylation sites (tertiary alicyclic amines) is 1. The van der Waals surface area contributed by atoms with E-state index in [1.54, 1.807) is 7.11 Å². The van der Waals surface area contributed by atoms with E-state index >= 15 is 0 Å². The molecule has 5 heteroatoms. The second kappa shape index (κ2) is 7.64. The maximum atomic E-state index is 5.09. The van der Waals surface area contributed by atoms with Crippen LogP contribution < -0.4 is 5.32 Å². The van der Waals surface area contributed by atoms with E-state index in [4.69, 9.17) is 4.74 Å². The van der Waals surface area contributed by atoms with Gasteiger partial charge in [-0.25, -0.2) is 4.98 Å². The standard InChI is InChI=1S/C15H28N4O/c1-4-18-9-5-7-14(12-18)19-11-13(2)17-15(19)16-8-6-10-20-3/h11,14H,4-10,12H2,1-3H3,(H,16,17). The molecule has 0 radical (unpaired) electrons. The van der Waals surface area contributed by atoms with Crippen molar-refractivity contribution >= 4 is 5.95 Å². The lowest BCUT2D eigenvalue weighted by molar-refractivity contribution is 0.186. The van der Waals surface area contributed by atoms with Gasteiger partial charge in [-0.3, -0.25) is 0 Å². The van der Waals surface area contributed by atoms with E-state index in [0.717, 1.165) is 44.3 Å². The zero-order valence-corrected chi connectivity index (χ0v) is 13.1. The summed E-state index contributed by atoms with van der Waals surface area (Å²) in [6, 6.07) is 0.551. The van der Waals surface area contributed by atoms with Gasteiger partial charge in [0.25, 0.3) is 0 Å². The minimum atomic E-state index is 0.551. The second-order valence-electron chi connectivity index (χ2n) is 5.58. The fourth-order valence-electron chi connectivity index (χ4n) is 2.89. The Labute approximate surface area is 122 Å². The van der Waals surface area contributed by atoms with Gasteiger partial charge in [0.15, 0.2) is 0 Å². The first kappa shape index (κ1) is 15.3. The zero-order chi connectivity index (χ0) is 14.4. The normalized spacial score (nSPS) is 20.2. The minimum Gasteiger partial charge on any atom is -0.385 e. The smallest absolute Gasteiger partial charge is 0.203 e. The summed E-state index contributed by atoms with van der Waals surface area (Å²) in [5.41, 5.74) is 1.09. The molecule has 1 N–H and O–H groups in total. The summed E-state index contributed by atoms with van der Waals surface area (Å²) >= 11 is 0. The average Bonchev–Trinajstić information content (AvgIpc) is 2.85. The molecule has 0 aromatic carbocycles. The highest BCUT2D eigenvalue weighted by Gasteiger charge is 2.22. The van der Waals surface area contributed by atoms with Gasteiger partial charge in [-0.05, 0) is 39.3 Å². The molecule has 1 atom stereocenters. The molecule has 5 nitrogen and oxygen atoms in total. The third-order valence-corrected chi connectivity index (χ3v) is 3.98. The van der Waals surface area contributed by atoms with E-state index < -0.39 is 0 Å². The van der Waals surface area contributed by atoms with Gasteiger partial charge >= 0.3 is 0 Å². The summed E-state index contributed by atoms with van der Waals surface area (Å²) in [7, 11) is 1.74. The molecule has 0 bridgehead atoms. The number of aryl methyl sites for hydroxylation is 1. The number of anilines is 1. The number of aromatic nitrogens is 2. The van der Waals surface area contributed by atoms with Crippen molar-refractivity contribution in [1.29, 1.82) is 0 Å². The fraction of sp³-hybridized carbons (Fsp3) is 0.800. The number of imidazole rings is 1. The second-order valence-corrected chi connectivity index (χ2v) is 5.58. The number of hydrogen-bond acceptors (Lipinski definition) is 4. The lowest BCUT2D eigenvalue weighted by Crippen LogP contribution is -2.36. The minimum absolute atomic E-state index is 0.551. The Kier molecular flexibility index (Phi) is 5.86. The fourth-order valence-corrected chi connectivity index (χ4v) is 2.89. The Morgan fingerprint density at radius 3 is 3.10 bits per heavy atom. The van der Waals surface area contributed by atoms with E-state index in [9.17, 15) is 0 Å². The maximum Gasteiger partial charge on any atom is 0.203 e. The molecule has 1 fully saturated rings. The first-order chi connectivity index (χ1) is 9.74. The number of piperidine rings is 1. The lowest BCUT2D eigenvalue weighted by Gasteiger charge is -2.33. The largest absolute Gasteiger partial charge is 0.385 e. The summed E-state index contributed by atoms with van der Waals surface area (Å²) in [5.74, 6) is 1.02. The van der Waals surface area contributed by atoms with Crippen LogP contribution in [-0.2, 0) is 4.74 Å². The van der Waals surface area contributed by atoms with Crippen LogP contribution in [0.5, 0.6) is 0 Å². The predicted octanol–water partition coefficient (Wildman–Crippen LogP) is 2.30. The van der Waals surface area contributed by atoms with Crippen molar-refractivity contribution in [2.24, 2.45) is 0 Å². The van der Waals surface area contributed by atoms with E-state index in [2.05, 4.69) is 39.8 Å². The summed E-state index contributed by atoms with van der Waals surface area (Å²) in [6.45, 7) is 9.52. The maximum absolute atomic E-state index is 5.09. The average molecular weight is 280 g/mol. The van der Waals surface area contributed by atoms with Crippen molar-refractivity contribution in [3.63, 3.8) is 0 Å². The highest BCUT2D eigenvalue weighted by Crippen LogP contribution is 2.25.